The Hall–Kier alpha value is -3.88. The summed E-state index contributed by atoms with van der Waals surface area (Å²) >= 11 is 1.51. The summed E-state index contributed by atoms with van der Waals surface area (Å²) in [5.74, 6) is -0.701. The van der Waals surface area contributed by atoms with Gasteiger partial charge in [-0.2, -0.15) is 0 Å². The van der Waals surface area contributed by atoms with Crippen molar-refractivity contribution in [1.29, 1.82) is 0 Å². The second kappa shape index (κ2) is 12.3. The molecule has 4 aromatic rings. The summed E-state index contributed by atoms with van der Waals surface area (Å²) < 4.78 is 28.5. The first-order valence-electron chi connectivity index (χ1n) is 13.2. The molecule has 212 valence electrons. The van der Waals surface area contributed by atoms with Crippen molar-refractivity contribution >= 4 is 44.9 Å². The molecule has 8 heteroatoms. The topological polar surface area (TPSA) is 83.6 Å². The third kappa shape index (κ3) is 7.26. The number of aryl methyl sites for hydroxylation is 1. The standard InChI is InChI=1S/C33H34N2O4S2/c1-23-9-15-28(16-10-23)35(41(38,39)30-19-17-29(40-5)18-20-30)22-31(36)34-27-8-6-7-25(21-27)32(37)24-11-13-26(14-12-24)33(2,3)4/h6-21H,22H2,1-5H3,(H,34,36). The van der Waals surface area contributed by atoms with Gasteiger partial charge < -0.3 is 5.32 Å². The van der Waals surface area contributed by atoms with Gasteiger partial charge in [-0.05, 0) is 72.7 Å². The van der Waals surface area contributed by atoms with Crippen LogP contribution in [-0.4, -0.2) is 32.9 Å². The van der Waals surface area contributed by atoms with Crippen LogP contribution in [0, 0.1) is 6.92 Å². The number of thioether (sulfide) groups is 1. The molecule has 0 saturated heterocycles. The maximum Gasteiger partial charge on any atom is 0.264 e. The first-order valence-corrected chi connectivity index (χ1v) is 15.8. The van der Waals surface area contributed by atoms with E-state index in [2.05, 4.69) is 26.1 Å². The molecule has 0 aliphatic rings. The summed E-state index contributed by atoms with van der Waals surface area (Å²) in [4.78, 5) is 27.4. The van der Waals surface area contributed by atoms with E-state index < -0.39 is 22.5 Å². The predicted octanol–water partition coefficient (Wildman–Crippen LogP) is 7.08. The van der Waals surface area contributed by atoms with Crippen LogP contribution in [0.1, 0.15) is 47.8 Å². The van der Waals surface area contributed by atoms with E-state index in [4.69, 9.17) is 0 Å². The van der Waals surface area contributed by atoms with Gasteiger partial charge >= 0.3 is 0 Å². The molecule has 0 radical (unpaired) electrons. The van der Waals surface area contributed by atoms with Gasteiger partial charge in [0, 0.05) is 21.7 Å². The predicted molar refractivity (Wildman–Crippen MR) is 168 cm³/mol. The van der Waals surface area contributed by atoms with Crippen LogP contribution in [0.15, 0.2) is 107 Å². The van der Waals surface area contributed by atoms with Gasteiger partial charge in [0.15, 0.2) is 5.78 Å². The van der Waals surface area contributed by atoms with Crippen LogP contribution >= 0.6 is 11.8 Å². The number of nitrogens with one attached hydrogen (secondary N) is 1. The summed E-state index contributed by atoms with van der Waals surface area (Å²) in [5.41, 5.74) is 3.82. The molecule has 0 bridgehead atoms. The third-order valence-corrected chi connectivity index (χ3v) is 9.21. The van der Waals surface area contributed by atoms with Crippen LogP contribution in [-0.2, 0) is 20.2 Å². The Kier molecular flexibility index (Phi) is 9.05. The van der Waals surface area contributed by atoms with Crippen LogP contribution in [0.2, 0.25) is 0 Å². The van der Waals surface area contributed by atoms with Gasteiger partial charge in [0.2, 0.25) is 5.91 Å². The van der Waals surface area contributed by atoms with Crippen LogP contribution in [0.4, 0.5) is 11.4 Å². The zero-order valence-electron chi connectivity index (χ0n) is 23.8. The van der Waals surface area contributed by atoms with Crippen LogP contribution in [0.3, 0.4) is 0 Å². The number of nitrogens with zero attached hydrogens (tertiary/aromatic N) is 1. The van der Waals surface area contributed by atoms with Gasteiger partial charge in [-0.1, -0.05) is 74.9 Å². The molecule has 0 aliphatic heterocycles. The van der Waals surface area contributed by atoms with E-state index in [-0.39, 0.29) is 16.1 Å². The minimum Gasteiger partial charge on any atom is -0.324 e. The number of carbonyl (C=O) groups is 2. The molecule has 0 fully saturated rings. The number of rotatable bonds is 9. The zero-order chi connectivity index (χ0) is 29.8. The minimum absolute atomic E-state index is 0.0241. The van der Waals surface area contributed by atoms with Gasteiger partial charge in [0.25, 0.3) is 10.0 Å². The number of carbonyl (C=O) groups excluding carboxylic acids is 2. The van der Waals surface area contributed by atoms with E-state index in [1.807, 2.05) is 37.4 Å². The lowest BCUT2D eigenvalue weighted by Crippen LogP contribution is -2.38. The third-order valence-electron chi connectivity index (χ3n) is 6.68. The lowest BCUT2D eigenvalue weighted by atomic mass is 9.86. The van der Waals surface area contributed by atoms with E-state index in [0.29, 0.717) is 22.5 Å². The van der Waals surface area contributed by atoms with Crippen molar-refractivity contribution in [3.8, 4) is 0 Å². The van der Waals surface area contributed by atoms with Gasteiger partial charge in [-0.15, -0.1) is 11.8 Å². The molecule has 0 aromatic heterocycles. The lowest BCUT2D eigenvalue weighted by Gasteiger charge is -2.24. The minimum atomic E-state index is -4.04. The molecule has 4 rings (SSSR count). The Morgan fingerprint density at radius 1 is 0.829 bits per heavy atom. The second-order valence-electron chi connectivity index (χ2n) is 10.8. The second-order valence-corrected chi connectivity index (χ2v) is 13.6. The molecular formula is C33H34N2O4S2. The van der Waals surface area contributed by atoms with E-state index in [0.717, 1.165) is 20.3 Å². The first kappa shape index (κ1) is 30.1. The number of amides is 1. The number of sulfonamides is 1. The number of benzene rings is 4. The average Bonchev–Trinajstić information content (AvgIpc) is 2.96. The monoisotopic (exact) mass is 586 g/mol. The summed E-state index contributed by atoms with van der Waals surface area (Å²) in [6.45, 7) is 7.80. The fourth-order valence-corrected chi connectivity index (χ4v) is 6.09. The normalized spacial score (nSPS) is 11.6. The molecule has 1 amide bonds. The molecule has 0 aliphatic carbocycles. The Bertz CT molecular complexity index is 1640. The quantitative estimate of drug-likeness (QED) is 0.167. The van der Waals surface area contributed by atoms with Crippen molar-refractivity contribution in [2.24, 2.45) is 0 Å². The molecule has 0 spiro atoms. The molecule has 41 heavy (non-hydrogen) atoms. The van der Waals surface area contributed by atoms with Gasteiger partial charge in [0.1, 0.15) is 6.54 Å². The lowest BCUT2D eigenvalue weighted by molar-refractivity contribution is -0.114. The molecule has 6 nitrogen and oxygen atoms in total. The molecule has 0 atom stereocenters. The highest BCUT2D eigenvalue weighted by molar-refractivity contribution is 7.98. The number of hydrogen-bond acceptors (Lipinski definition) is 5. The van der Waals surface area contributed by atoms with Crippen LogP contribution in [0.5, 0.6) is 0 Å². The highest BCUT2D eigenvalue weighted by Gasteiger charge is 2.27. The Labute approximate surface area is 246 Å². The van der Waals surface area contributed by atoms with Crippen molar-refractivity contribution in [1.82, 2.24) is 0 Å². The maximum absolute atomic E-state index is 13.7. The molecule has 0 unspecified atom stereocenters. The number of hydrogen-bond donors (Lipinski definition) is 1. The van der Waals surface area contributed by atoms with Crippen molar-refractivity contribution in [2.75, 3.05) is 22.4 Å². The Morgan fingerprint density at radius 2 is 1.46 bits per heavy atom. The molecule has 0 saturated carbocycles. The van der Waals surface area contributed by atoms with E-state index in [9.17, 15) is 18.0 Å². The van der Waals surface area contributed by atoms with E-state index in [1.54, 1.807) is 72.8 Å². The van der Waals surface area contributed by atoms with Crippen molar-refractivity contribution in [3.63, 3.8) is 0 Å². The fraction of sp³-hybridized carbons (Fsp3) is 0.212. The summed E-state index contributed by atoms with van der Waals surface area (Å²) in [6.07, 6.45) is 1.91. The highest BCUT2D eigenvalue weighted by Crippen LogP contribution is 2.27. The average molecular weight is 587 g/mol. The zero-order valence-corrected chi connectivity index (χ0v) is 25.5. The number of anilines is 2. The van der Waals surface area contributed by atoms with Crippen LogP contribution in [0.25, 0.3) is 0 Å². The highest BCUT2D eigenvalue weighted by atomic mass is 32.2. The SMILES string of the molecule is CSc1ccc(S(=O)(=O)N(CC(=O)Nc2cccc(C(=O)c3ccc(C(C)(C)C)cc3)c2)c2ccc(C)cc2)cc1. The number of ketones is 1. The smallest absolute Gasteiger partial charge is 0.264 e. The van der Waals surface area contributed by atoms with Crippen molar-refractivity contribution in [3.05, 3.63) is 119 Å². The summed E-state index contributed by atoms with van der Waals surface area (Å²) in [5, 5.41) is 2.77. The summed E-state index contributed by atoms with van der Waals surface area (Å²) in [7, 11) is -4.04. The summed E-state index contributed by atoms with van der Waals surface area (Å²) in [6, 6.07) is 27.7. The largest absolute Gasteiger partial charge is 0.324 e. The molecule has 4 aromatic carbocycles. The van der Waals surface area contributed by atoms with Crippen LogP contribution < -0.4 is 9.62 Å². The fourth-order valence-electron chi connectivity index (χ4n) is 4.26. The van der Waals surface area contributed by atoms with Gasteiger partial charge in [-0.25, -0.2) is 8.42 Å². The Balaban J connectivity index is 1.56. The molecule has 0 heterocycles. The van der Waals surface area contributed by atoms with Gasteiger partial charge in [-0.3, -0.25) is 13.9 Å². The van der Waals surface area contributed by atoms with E-state index in [1.165, 1.54) is 11.8 Å². The Morgan fingerprint density at radius 3 is 2.05 bits per heavy atom. The van der Waals surface area contributed by atoms with Crippen molar-refractivity contribution in [2.45, 2.75) is 42.9 Å². The first-order chi connectivity index (χ1) is 19.4. The van der Waals surface area contributed by atoms with E-state index >= 15 is 0 Å². The molecule has 1 N–H and O–H groups in total. The maximum atomic E-state index is 13.7. The molecular weight excluding hydrogens is 553 g/mol. The van der Waals surface area contributed by atoms with Gasteiger partial charge in [0.05, 0.1) is 10.6 Å². The van der Waals surface area contributed by atoms with Crippen molar-refractivity contribution < 1.29 is 18.0 Å².